The Morgan fingerprint density at radius 2 is 1.67 bits per heavy atom. The third-order valence-corrected chi connectivity index (χ3v) is 4.32. The first-order valence-electron chi connectivity index (χ1n) is 8.30. The van der Waals surface area contributed by atoms with E-state index >= 15 is 0 Å². The molecule has 0 bridgehead atoms. The van der Waals surface area contributed by atoms with Gasteiger partial charge in [-0.3, -0.25) is 0 Å². The standard InChI is InChI=1S/C17H20F4O3/c18-15-13(23-12-5-6-12)7-8-14(16(15)24-17(19,20)21)22-10-9-11-3-1-2-4-11/h7-8,11-12H,1-6,9-10H2. The van der Waals surface area contributed by atoms with Crippen LogP contribution in [0.5, 0.6) is 17.2 Å². The molecule has 134 valence electrons. The van der Waals surface area contributed by atoms with E-state index in [9.17, 15) is 17.6 Å². The minimum absolute atomic E-state index is 0.132. The molecule has 0 radical (unpaired) electrons. The van der Waals surface area contributed by atoms with Crippen molar-refractivity contribution in [2.24, 2.45) is 5.92 Å². The smallest absolute Gasteiger partial charge is 0.490 e. The lowest BCUT2D eigenvalue weighted by molar-refractivity contribution is -0.276. The van der Waals surface area contributed by atoms with Crippen LogP contribution in [-0.4, -0.2) is 19.1 Å². The van der Waals surface area contributed by atoms with E-state index in [2.05, 4.69) is 4.74 Å². The van der Waals surface area contributed by atoms with Crippen molar-refractivity contribution in [3.8, 4) is 17.2 Å². The minimum Gasteiger partial charge on any atom is -0.490 e. The average Bonchev–Trinajstić information content (AvgIpc) is 3.17. The molecule has 0 atom stereocenters. The van der Waals surface area contributed by atoms with E-state index in [1.165, 1.54) is 25.0 Å². The van der Waals surface area contributed by atoms with Crippen molar-refractivity contribution < 1.29 is 31.8 Å². The van der Waals surface area contributed by atoms with Gasteiger partial charge in [-0.25, -0.2) is 0 Å². The van der Waals surface area contributed by atoms with Crippen LogP contribution in [0.25, 0.3) is 0 Å². The molecule has 2 fully saturated rings. The largest absolute Gasteiger partial charge is 0.573 e. The summed E-state index contributed by atoms with van der Waals surface area (Å²) in [5.74, 6) is -2.07. The van der Waals surface area contributed by atoms with Crippen LogP contribution in [0, 0.1) is 11.7 Å². The summed E-state index contributed by atoms with van der Waals surface area (Å²) in [5.41, 5.74) is 0. The number of halogens is 4. The Bertz CT molecular complexity index is 564. The van der Waals surface area contributed by atoms with Crippen LogP contribution >= 0.6 is 0 Å². The highest BCUT2D eigenvalue weighted by atomic mass is 19.4. The second-order valence-electron chi connectivity index (χ2n) is 6.36. The fourth-order valence-corrected chi connectivity index (χ4v) is 2.94. The maximum atomic E-state index is 14.3. The Labute approximate surface area is 137 Å². The van der Waals surface area contributed by atoms with E-state index in [4.69, 9.17) is 9.47 Å². The lowest BCUT2D eigenvalue weighted by atomic mass is 10.1. The number of alkyl halides is 3. The Morgan fingerprint density at radius 3 is 2.29 bits per heavy atom. The van der Waals surface area contributed by atoms with Gasteiger partial charge in [-0.15, -0.1) is 13.2 Å². The lowest BCUT2D eigenvalue weighted by Gasteiger charge is -2.17. The van der Waals surface area contributed by atoms with Crippen LogP contribution in [-0.2, 0) is 0 Å². The SMILES string of the molecule is Fc1c(OC2CC2)ccc(OCCC2CCCC2)c1OC(F)(F)F. The summed E-state index contributed by atoms with van der Waals surface area (Å²) in [6.45, 7) is 0.237. The van der Waals surface area contributed by atoms with E-state index in [0.717, 1.165) is 32.1 Å². The van der Waals surface area contributed by atoms with Crippen molar-refractivity contribution in [1.82, 2.24) is 0 Å². The number of benzene rings is 1. The molecule has 0 spiro atoms. The summed E-state index contributed by atoms with van der Waals surface area (Å²) in [6, 6.07) is 2.57. The number of hydrogen-bond donors (Lipinski definition) is 0. The molecule has 1 aromatic rings. The highest BCUT2D eigenvalue weighted by molar-refractivity contribution is 5.47. The van der Waals surface area contributed by atoms with Crippen LogP contribution in [0.1, 0.15) is 44.9 Å². The van der Waals surface area contributed by atoms with Crippen molar-refractivity contribution in [3.05, 3.63) is 17.9 Å². The van der Waals surface area contributed by atoms with Gasteiger partial charge in [0.1, 0.15) is 0 Å². The molecule has 24 heavy (non-hydrogen) atoms. The third kappa shape index (κ3) is 4.68. The summed E-state index contributed by atoms with van der Waals surface area (Å²) in [5, 5.41) is 0. The minimum atomic E-state index is -5.00. The van der Waals surface area contributed by atoms with Gasteiger partial charge in [-0.05, 0) is 37.3 Å². The summed E-state index contributed by atoms with van der Waals surface area (Å²) >= 11 is 0. The second kappa shape index (κ2) is 7.07. The number of rotatable bonds is 7. The molecule has 0 aliphatic heterocycles. The molecule has 0 saturated heterocycles. The summed E-state index contributed by atoms with van der Waals surface area (Å²) < 4.78 is 66.6. The maximum Gasteiger partial charge on any atom is 0.573 e. The van der Waals surface area contributed by atoms with Gasteiger partial charge in [0.05, 0.1) is 12.7 Å². The van der Waals surface area contributed by atoms with Crippen molar-refractivity contribution in [2.75, 3.05) is 6.61 Å². The Hall–Kier alpha value is -1.66. The quantitative estimate of drug-likeness (QED) is 0.632. The first-order valence-corrected chi connectivity index (χ1v) is 8.30. The molecule has 7 heteroatoms. The monoisotopic (exact) mass is 348 g/mol. The van der Waals surface area contributed by atoms with Crippen LogP contribution in [0.2, 0.25) is 0 Å². The fraction of sp³-hybridized carbons (Fsp3) is 0.647. The van der Waals surface area contributed by atoms with Gasteiger partial charge < -0.3 is 14.2 Å². The second-order valence-corrected chi connectivity index (χ2v) is 6.36. The average molecular weight is 348 g/mol. The Morgan fingerprint density at radius 1 is 1.00 bits per heavy atom. The molecule has 3 nitrogen and oxygen atoms in total. The molecule has 0 aromatic heterocycles. The van der Waals surface area contributed by atoms with Crippen LogP contribution < -0.4 is 14.2 Å². The molecule has 2 aliphatic rings. The first-order chi connectivity index (χ1) is 11.4. The summed E-state index contributed by atoms with van der Waals surface area (Å²) in [7, 11) is 0. The maximum absolute atomic E-state index is 14.3. The summed E-state index contributed by atoms with van der Waals surface area (Å²) in [6.07, 6.45) is 1.73. The van der Waals surface area contributed by atoms with E-state index in [-0.39, 0.29) is 24.2 Å². The Kier molecular flexibility index (Phi) is 5.06. The fourth-order valence-electron chi connectivity index (χ4n) is 2.94. The zero-order valence-corrected chi connectivity index (χ0v) is 13.2. The molecule has 1 aromatic carbocycles. The van der Waals surface area contributed by atoms with E-state index in [1.54, 1.807) is 0 Å². The molecule has 2 saturated carbocycles. The molecule has 0 heterocycles. The van der Waals surface area contributed by atoms with E-state index in [0.29, 0.717) is 5.92 Å². The molecular weight excluding hydrogens is 328 g/mol. The van der Waals surface area contributed by atoms with Gasteiger partial charge in [0.25, 0.3) is 0 Å². The zero-order chi connectivity index (χ0) is 17.2. The van der Waals surface area contributed by atoms with E-state index in [1.807, 2.05) is 0 Å². The van der Waals surface area contributed by atoms with Crippen LogP contribution in [0.3, 0.4) is 0 Å². The zero-order valence-electron chi connectivity index (χ0n) is 13.2. The molecule has 0 unspecified atom stereocenters. The van der Waals surface area contributed by atoms with Crippen molar-refractivity contribution in [2.45, 2.75) is 57.4 Å². The van der Waals surface area contributed by atoms with Crippen molar-refractivity contribution in [3.63, 3.8) is 0 Å². The normalized spacial score (nSPS) is 18.7. The van der Waals surface area contributed by atoms with Gasteiger partial charge in [0.2, 0.25) is 11.6 Å². The first kappa shape index (κ1) is 17.2. The molecule has 0 amide bonds. The predicted octanol–water partition coefficient (Wildman–Crippen LogP) is 5.22. The van der Waals surface area contributed by atoms with Crippen LogP contribution in [0.15, 0.2) is 12.1 Å². The van der Waals surface area contributed by atoms with Gasteiger partial charge in [-0.1, -0.05) is 25.7 Å². The third-order valence-electron chi connectivity index (χ3n) is 4.32. The molecule has 3 rings (SSSR count). The molecular formula is C17H20F4O3. The number of hydrogen-bond acceptors (Lipinski definition) is 3. The summed E-state index contributed by atoms with van der Waals surface area (Å²) in [4.78, 5) is 0. The molecule has 0 N–H and O–H groups in total. The number of ether oxygens (including phenoxy) is 3. The van der Waals surface area contributed by atoms with Gasteiger partial charge in [0, 0.05) is 0 Å². The predicted molar refractivity (Wildman–Crippen MR) is 78.8 cm³/mol. The topological polar surface area (TPSA) is 27.7 Å². The van der Waals surface area contributed by atoms with Gasteiger partial charge >= 0.3 is 6.36 Å². The highest BCUT2D eigenvalue weighted by Gasteiger charge is 2.36. The van der Waals surface area contributed by atoms with E-state index < -0.39 is 17.9 Å². The van der Waals surface area contributed by atoms with Crippen molar-refractivity contribution >= 4 is 0 Å². The Balaban J connectivity index is 1.71. The van der Waals surface area contributed by atoms with Gasteiger partial charge in [0.15, 0.2) is 11.5 Å². The molecule has 2 aliphatic carbocycles. The van der Waals surface area contributed by atoms with Crippen molar-refractivity contribution in [1.29, 1.82) is 0 Å². The van der Waals surface area contributed by atoms with Gasteiger partial charge in [-0.2, -0.15) is 4.39 Å². The highest BCUT2D eigenvalue weighted by Crippen LogP contribution is 2.41. The lowest BCUT2D eigenvalue weighted by Crippen LogP contribution is -2.19. The van der Waals surface area contributed by atoms with Crippen LogP contribution in [0.4, 0.5) is 17.6 Å².